The monoisotopic (exact) mass is 315 g/mol. The Morgan fingerprint density at radius 1 is 1.26 bits per heavy atom. The summed E-state index contributed by atoms with van der Waals surface area (Å²) in [5.41, 5.74) is 2.23. The number of nitrogens with zero attached hydrogens (tertiary/aromatic N) is 1. The van der Waals surface area contributed by atoms with Crippen LogP contribution in [-0.4, -0.2) is 42.0 Å². The van der Waals surface area contributed by atoms with E-state index in [1.165, 1.54) is 0 Å². The van der Waals surface area contributed by atoms with E-state index in [1.807, 2.05) is 38.4 Å². The summed E-state index contributed by atoms with van der Waals surface area (Å²) < 4.78 is 0. The minimum absolute atomic E-state index is 0.000390. The third-order valence-corrected chi connectivity index (χ3v) is 4.39. The van der Waals surface area contributed by atoms with Crippen LogP contribution < -0.4 is 10.9 Å². The van der Waals surface area contributed by atoms with Crippen LogP contribution in [0.25, 0.3) is 10.9 Å². The number of benzene rings is 1. The molecule has 0 atom stereocenters. The zero-order chi connectivity index (χ0) is 17.2. The second-order valence-electron chi connectivity index (χ2n) is 6.86. The SMILES string of the molecule is Cc1cc2cc(CC(=O)NCC(C)(C)N(C)C)ccc2[nH]c1=O. The number of amides is 1. The molecule has 1 aromatic carbocycles. The molecule has 23 heavy (non-hydrogen) atoms. The van der Waals surface area contributed by atoms with Gasteiger partial charge >= 0.3 is 0 Å². The summed E-state index contributed by atoms with van der Waals surface area (Å²) >= 11 is 0. The molecule has 124 valence electrons. The highest BCUT2D eigenvalue weighted by molar-refractivity contribution is 5.83. The minimum Gasteiger partial charge on any atom is -0.354 e. The number of nitrogens with one attached hydrogen (secondary N) is 2. The number of aromatic amines is 1. The number of H-pyrrole nitrogens is 1. The van der Waals surface area contributed by atoms with Crippen LogP contribution in [0, 0.1) is 6.92 Å². The first-order valence-electron chi connectivity index (χ1n) is 7.76. The molecule has 0 radical (unpaired) electrons. The maximum absolute atomic E-state index is 12.2. The number of pyridine rings is 1. The zero-order valence-corrected chi connectivity index (χ0v) is 14.5. The number of carbonyl (C=O) groups is 1. The van der Waals surface area contributed by atoms with Crippen molar-refractivity contribution in [3.8, 4) is 0 Å². The molecule has 2 rings (SSSR count). The molecule has 0 aliphatic heterocycles. The van der Waals surface area contributed by atoms with Crippen molar-refractivity contribution >= 4 is 16.8 Å². The second kappa shape index (κ2) is 6.54. The molecule has 5 nitrogen and oxygen atoms in total. The van der Waals surface area contributed by atoms with Crippen molar-refractivity contribution in [2.24, 2.45) is 0 Å². The van der Waals surface area contributed by atoms with Crippen molar-refractivity contribution in [2.75, 3.05) is 20.6 Å². The van der Waals surface area contributed by atoms with Gasteiger partial charge in [-0.3, -0.25) is 9.59 Å². The Morgan fingerprint density at radius 2 is 1.96 bits per heavy atom. The fourth-order valence-corrected chi connectivity index (χ4v) is 2.20. The highest BCUT2D eigenvalue weighted by Crippen LogP contribution is 2.14. The predicted molar refractivity (Wildman–Crippen MR) is 93.8 cm³/mol. The molecule has 5 heteroatoms. The Morgan fingerprint density at radius 3 is 2.61 bits per heavy atom. The lowest BCUT2D eigenvalue weighted by atomic mass is 10.0. The summed E-state index contributed by atoms with van der Waals surface area (Å²) in [4.78, 5) is 28.7. The van der Waals surface area contributed by atoms with E-state index in [4.69, 9.17) is 0 Å². The minimum atomic E-state index is -0.0877. The maximum Gasteiger partial charge on any atom is 0.251 e. The van der Waals surface area contributed by atoms with Gasteiger partial charge in [-0.2, -0.15) is 0 Å². The number of hydrogen-bond donors (Lipinski definition) is 2. The Balaban J connectivity index is 2.08. The van der Waals surface area contributed by atoms with Crippen molar-refractivity contribution in [1.29, 1.82) is 0 Å². The lowest BCUT2D eigenvalue weighted by Crippen LogP contribution is -2.48. The summed E-state index contributed by atoms with van der Waals surface area (Å²) in [6.07, 6.45) is 0.331. The first kappa shape index (κ1) is 17.2. The lowest BCUT2D eigenvalue weighted by Gasteiger charge is -2.32. The summed E-state index contributed by atoms with van der Waals surface area (Å²) in [7, 11) is 4.00. The number of likely N-dealkylation sites (N-methyl/N-ethyl adjacent to an activating group) is 1. The van der Waals surface area contributed by atoms with Crippen LogP contribution in [0.1, 0.15) is 25.0 Å². The summed E-state index contributed by atoms with van der Waals surface area (Å²) in [6.45, 7) is 6.55. The highest BCUT2D eigenvalue weighted by atomic mass is 16.1. The summed E-state index contributed by atoms with van der Waals surface area (Å²) in [5.74, 6) is 0.000390. The van der Waals surface area contributed by atoms with Crippen molar-refractivity contribution in [3.05, 3.63) is 45.7 Å². The van der Waals surface area contributed by atoms with Crippen LogP contribution >= 0.6 is 0 Å². The van der Waals surface area contributed by atoms with Crippen molar-refractivity contribution < 1.29 is 4.79 Å². The Kier molecular flexibility index (Phi) is 4.90. The van der Waals surface area contributed by atoms with Crippen LogP contribution in [0.3, 0.4) is 0 Å². The number of rotatable bonds is 5. The Hall–Kier alpha value is -2.14. The van der Waals surface area contributed by atoms with Gasteiger partial charge in [0.1, 0.15) is 0 Å². The molecule has 0 saturated heterocycles. The van der Waals surface area contributed by atoms with E-state index in [1.54, 1.807) is 6.92 Å². The number of hydrogen-bond acceptors (Lipinski definition) is 3. The molecular formula is C18H25N3O2. The lowest BCUT2D eigenvalue weighted by molar-refractivity contribution is -0.120. The number of carbonyl (C=O) groups excluding carboxylic acids is 1. The number of fused-ring (bicyclic) bond motifs is 1. The highest BCUT2D eigenvalue weighted by Gasteiger charge is 2.21. The van der Waals surface area contributed by atoms with Gasteiger partial charge in [-0.1, -0.05) is 6.07 Å². The number of aryl methyl sites for hydroxylation is 1. The smallest absolute Gasteiger partial charge is 0.251 e. The van der Waals surface area contributed by atoms with Crippen LogP contribution in [0.5, 0.6) is 0 Å². The molecule has 0 aliphatic rings. The topological polar surface area (TPSA) is 65.2 Å². The van der Waals surface area contributed by atoms with Crippen LogP contribution in [0.15, 0.2) is 29.1 Å². The fraction of sp³-hybridized carbons (Fsp3) is 0.444. The van der Waals surface area contributed by atoms with Crippen molar-refractivity contribution in [3.63, 3.8) is 0 Å². The van der Waals surface area contributed by atoms with Gasteiger partial charge in [0.25, 0.3) is 5.56 Å². The van der Waals surface area contributed by atoms with Crippen molar-refractivity contribution in [1.82, 2.24) is 15.2 Å². The van der Waals surface area contributed by atoms with E-state index in [2.05, 4.69) is 29.0 Å². The van der Waals surface area contributed by atoms with E-state index < -0.39 is 0 Å². The molecule has 1 heterocycles. The molecule has 0 spiro atoms. The van der Waals surface area contributed by atoms with Crippen LogP contribution in [0.2, 0.25) is 0 Å². The molecule has 2 aromatic rings. The standard InChI is InChI=1S/C18H25N3O2/c1-12-8-14-9-13(6-7-15(14)20-17(12)23)10-16(22)19-11-18(2,3)21(4)5/h6-9H,10-11H2,1-5H3,(H,19,22)(H,20,23). The quantitative estimate of drug-likeness (QED) is 0.885. The molecule has 0 fully saturated rings. The number of aromatic nitrogens is 1. The van der Waals surface area contributed by atoms with E-state index in [0.29, 0.717) is 18.5 Å². The molecule has 0 bridgehead atoms. The first-order chi connectivity index (χ1) is 10.7. The van der Waals surface area contributed by atoms with Gasteiger partial charge in [-0.05, 0) is 64.0 Å². The van der Waals surface area contributed by atoms with Gasteiger partial charge in [0, 0.05) is 23.2 Å². The maximum atomic E-state index is 12.2. The molecule has 0 unspecified atom stereocenters. The van der Waals surface area contributed by atoms with Gasteiger partial charge in [0.05, 0.1) is 6.42 Å². The fourth-order valence-electron chi connectivity index (χ4n) is 2.20. The molecule has 2 N–H and O–H groups in total. The van der Waals surface area contributed by atoms with Crippen LogP contribution in [-0.2, 0) is 11.2 Å². The average Bonchev–Trinajstić information content (AvgIpc) is 2.46. The van der Waals surface area contributed by atoms with Crippen molar-refractivity contribution in [2.45, 2.75) is 32.7 Å². The normalized spacial score (nSPS) is 11.9. The molecule has 0 saturated carbocycles. The van der Waals surface area contributed by atoms with Gasteiger partial charge in [-0.25, -0.2) is 0 Å². The third-order valence-electron chi connectivity index (χ3n) is 4.39. The summed E-state index contributed by atoms with van der Waals surface area (Å²) in [5, 5.41) is 3.93. The third kappa shape index (κ3) is 4.20. The summed E-state index contributed by atoms with van der Waals surface area (Å²) in [6, 6.07) is 7.53. The van der Waals surface area contributed by atoms with Gasteiger partial charge < -0.3 is 15.2 Å². The largest absolute Gasteiger partial charge is 0.354 e. The predicted octanol–water partition coefficient (Wildman–Crippen LogP) is 1.84. The van der Waals surface area contributed by atoms with E-state index in [0.717, 1.165) is 16.5 Å². The molecule has 0 aliphatic carbocycles. The Bertz CT molecular complexity index is 775. The molecular weight excluding hydrogens is 290 g/mol. The van der Waals surface area contributed by atoms with Gasteiger partial charge in [-0.15, -0.1) is 0 Å². The van der Waals surface area contributed by atoms with Gasteiger partial charge in [0.2, 0.25) is 5.91 Å². The van der Waals surface area contributed by atoms with E-state index >= 15 is 0 Å². The Labute approximate surface area is 136 Å². The van der Waals surface area contributed by atoms with Crippen LogP contribution in [0.4, 0.5) is 0 Å². The first-order valence-corrected chi connectivity index (χ1v) is 7.76. The molecule has 1 amide bonds. The van der Waals surface area contributed by atoms with Gasteiger partial charge in [0.15, 0.2) is 0 Å². The molecule has 1 aromatic heterocycles. The average molecular weight is 315 g/mol. The second-order valence-corrected chi connectivity index (χ2v) is 6.86. The van der Waals surface area contributed by atoms with E-state index in [9.17, 15) is 9.59 Å². The van der Waals surface area contributed by atoms with E-state index in [-0.39, 0.29) is 17.0 Å². The zero-order valence-electron chi connectivity index (χ0n) is 14.5.